The second-order valence-electron chi connectivity index (χ2n) is 3.60. The SMILES string of the molecule is COC(=O)C1CN(c2cccc(Br)c2)C1. The van der Waals surface area contributed by atoms with Crippen LogP contribution in [0.25, 0.3) is 0 Å². The van der Waals surface area contributed by atoms with Gasteiger partial charge in [0.05, 0.1) is 13.0 Å². The number of hydrogen-bond acceptors (Lipinski definition) is 3. The summed E-state index contributed by atoms with van der Waals surface area (Å²) in [7, 11) is 1.43. The van der Waals surface area contributed by atoms with Crippen LogP contribution in [0.15, 0.2) is 28.7 Å². The number of halogens is 1. The largest absolute Gasteiger partial charge is 0.469 e. The van der Waals surface area contributed by atoms with Gasteiger partial charge in [-0.05, 0) is 18.2 Å². The van der Waals surface area contributed by atoms with E-state index in [0.717, 1.165) is 23.2 Å². The standard InChI is InChI=1S/C11H12BrNO2/c1-15-11(14)8-6-13(7-8)10-4-2-3-9(12)5-10/h2-5,8H,6-7H2,1H3. The number of ether oxygens (including phenoxy) is 1. The molecule has 1 saturated heterocycles. The van der Waals surface area contributed by atoms with E-state index >= 15 is 0 Å². The molecule has 0 unspecified atom stereocenters. The van der Waals surface area contributed by atoms with E-state index in [1.165, 1.54) is 7.11 Å². The molecule has 4 heteroatoms. The fraction of sp³-hybridized carbons (Fsp3) is 0.364. The highest BCUT2D eigenvalue weighted by molar-refractivity contribution is 9.10. The number of carbonyl (C=O) groups is 1. The van der Waals surface area contributed by atoms with Crippen LogP contribution in [0.4, 0.5) is 5.69 Å². The minimum Gasteiger partial charge on any atom is -0.469 e. The Labute approximate surface area is 97.2 Å². The van der Waals surface area contributed by atoms with E-state index in [-0.39, 0.29) is 11.9 Å². The predicted octanol–water partition coefficient (Wildman–Crippen LogP) is 2.06. The highest BCUT2D eigenvalue weighted by Crippen LogP contribution is 2.27. The van der Waals surface area contributed by atoms with Crippen LogP contribution < -0.4 is 4.90 Å². The Balaban J connectivity index is 1.97. The van der Waals surface area contributed by atoms with Gasteiger partial charge in [0.15, 0.2) is 0 Å². The van der Waals surface area contributed by atoms with Crippen LogP contribution in [0.1, 0.15) is 0 Å². The Morgan fingerprint density at radius 3 is 2.87 bits per heavy atom. The van der Waals surface area contributed by atoms with E-state index in [2.05, 4.69) is 25.6 Å². The zero-order valence-electron chi connectivity index (χ0n) is 8.44. The minimum atomic E-state index is -0.110. The lowest BCUT2D eigenvalue weighted by molar-refractivity contribution is -0.146. The third kappa shape index (κ3) is 2.15. The van der Waals surface area contributed by atoms with Crippen molar-refractivity contribution in [2.24, 2.45) is 5.92 Å². The summed E-state index contributed by atoms with van der Waals surface area (Å²) in [5, 5.41) is 0. The molecule has 2 rings (SSSR count). The van der Waals surface area contributed by atoms with E-state index in [4.69, 9.17) is 0 Å². The van der Waals surface area contributed by atoms with Crippen LogP contribution in [0.3, 0.4) is 0 Å². The molecule has 0 aromatic heterocycles. The summed E-state index contributed by atoms with van der Waals surface area (Å²) in [5.41, 5.74) is 1.14. The van der Waals surface area contributed by atoms with Crippen molar-refractivity contribution in [3.63, 3.8) is 0 Å². The summed E-state index contributed by atoms with van der Waals surface area (Å²) in [5.74, 6) is -0.0739. The smallest absolute Gasteiger partial charge is 0.312 e. The molecule has 1 aromatic rings. The molecule has 1 aliphatic rings. The van der Waals surface area contributed by atoms with Gasteiger partial charge >= 0.3 is 5.97 Å². The Morgan fingerprint density at radius 2 is 2.27 bits per heavy atom. The minimum absolute atomic E-state index is 0.0361. The van der Waals surface area contributed by atoms with Crippen molar-refractivity contribution in [1.29, 1.82) is 0 Å². The van der Waals surface area contributed by atoms with E-state index in [0.29, 0.717) is 0 Å². The molecule has 1 heterocycles. The topological polar surface area (TPSA) is 29.5 Å². The van der Waals surface area contributed by atoms with E-state index < -0.39 is 0 Å². The summed E-state index contributed by atoms with van der Waals surface area (Å²) in [6, 6.07) is 8.07. The van der Waals surface area contributed by atoms with Crippen LogP contribution in [0.2, 0.25) is 0 Å². The zero-order valence-corrected chi connectivity index (χ0v) is 10.0. The first-order valence-electron chi connectivity index (χ1n) is 4.79. The first-order chi connectivity index (χ1) is 7.20. The maximum atomic E-state index is 11.2. The predicted molar refractivity (Wildman–Crippen MR) is 61.9 cm³/mol. The Kier molecular flexibility index (Phi) is 2.95. The van der Waals surface area contributed by atoms with E-state index in [1.807, 2.05) is 24.3 Å². The van der Waals surface area contributed by atoms with Gasteiger partial charge in [0.1, 0.15) is 0 Å². The van der Waals surface area contributed by atoms with Crippen LogP contribution in [-0.4, -0.2) is 26.2 Å². The number of carbonyl (C=O) groups excluding carboxylic acids is 1. The van der Waals surface area contributed by atoms with Crippen molar-refractivity contribution in [2.75, 3.05) is 25.1 Å². The molecular formula is C11H12BrNO2. The molecule has 80 valence electrons. The summed E-state index contributed by atoms with van der Waals surface area (Å²) < 4.78 is 5.74. The van der Waals surface area contributed by atoms with Gasteiger partial charge in [-0.1, -0.05) is 22.0 Å². The Bertz CT molecular complexity index is 375. The Hall–Kier alpha value is -1.03. The van der Waals surface area contributed by atoms with Gasteiger partial charge in [-0.3, -0.25) is 4.79 Å². The summed E-state index contributed by atoms with van der Waals surface area (Å²) in [4.78, 5) is 13.3. The molecule has 1 aromatic carbocycles. The lowest BCUT2D eigenvalue weighted by Crippen LogP contribution is -2.50. The average molecular weight is 270 g/mol. The van der Waals surface area contributed by atoms with Gasteiger partial charge in [0.2, 0.25) is 0 Å². The van der Waals surface area contributed by atoms with Crippen LogP contribution in [0.5, 0.6) is 0 Å². The Morgan fingerprint density at radius 1 is 1.53 bits per heavy atom. The summed E-state index contributed by atoms with van der Waals surface area (Å²) in [6.45, 7) is 1.51. The third-order valence-corrected chi connectivity index (χ3v) is 3.08. The molecule has 15 heavy (non-hydrogen) atoms. The second-order valence-corrected chi connectivity index (χ2v) is 4.52. The number of methoxy groups -OCH3 is 1. The normalized spacial score (nSPS) is 16.0. The zero-order chi connectivity index (χ0) is 10.8. The van der Waals surface area contributed by atoms with Gasteiger partial charge in [-0.15, -0.1) is 0 Å². The molecular weight excluding hydrogens is 258 g/mol. The monoisotopic (exact) mass is 269 g/mol. The van der Waals surface area contributed by atoms with Gasteiger partial charge < -0.3 is 9.64 Å². The van der Waals surface area contributed by atoms with Gasteiger partial charge in [0, 0.05) is 23.2 Å². The summed E-state index contributed by atoms with van der Waals surface area (Å²) in [6.07, 6.45) is 0. The van der Waals surface area contributed by atoms with Crippen LogP contribution in [0, 0.1) is 5.92 Å². The van der Waals surface area contributed by atoms with E-state index in [1.54, 1.807) is 0 Å². The van der Waals surface area contributed by atoms with Gasteiger partial charge in [-0.2, -0.15) is 0 Å². The molecule has 0 spiro atoms. The third-order valence-electron chi connectivity index (χ3n) is 2.59. The summed E-state index contributed by atoms with van der Waals surface area (Å²) >= 11 is 3.42. The van der Waals surface area contributed by atoms with Crippen molar-refractivity contribution >= 4 is 27.6 Å². The van der Waals surface area contributed by atoms with E-state index in [9.17, 15) is 4.79 Å². The fourth-order valence-corrected chi connectivity index (χ4v) is 2.07. The number of rotatable bonds is 2. The molecule has 0 N–H and O–H groups in total. The molecule has 1 aliphatic heterocycles. The van der Waals surface area contributed by atoms with Crippen LogP contribution in [-0.2, 0) is 9.53 Å². The van der Waals surface area contributed by atoms with Gasteiger partial charge in [-0.25, -0.2) is 0 Å². The van der Waals surface area contributed by atoms with Crippen molar-refractivity contribution in [1.82, 2.24) is 0 Å². The van der Waals surface area contributed by atoms with Crippen LogP contribution >= 0.6 is 15.9 Å². The highest BCUT2D eigenvalue weighted by Gasteiger charge is 2.33. The van der Waals surface area contributed by atoms with Crippen molar-refractivity contribution in [2.45, 2.75) is 0 Å². The maximum Gasteiger partial charge on any atom is 0.312 e. The first kappa shape index (κ1) is 10.5. The molecule has 1 fully saturated rings. The second kappa shape index (κ2) is 4.23. The quantitative estimate of drug-likeness (QED) is 0.770. The molecule has 0 saturated carbocycles. The number of hydrogen-bond donors (Lipinski definition) is 0. The maximum absolute atomic E-state index is 11.2. The number of esters is 1. The molecule has 0 bridgehead atoms. The lowest BCUT2D eigenvalue weighted by Gasteiger charge is -2.39. The first-order valence-corrected chi connectivity index (χ1v) is 5.58. The number of nitrogens with zero attached hydrogens (tertiary/aromatic N) is 1. The lowest BCUT2D eigenvalue weighted by atomic mass is 9.99. The number of benzene rings is 1. The molecule has 3 nitrogen and oxygen atoms in total. The van der Waals surface area contributed by atoms with Gasteiger partial charge in [0.25, 0.3) is 0 Å². The van der Waals surface area contributed by atoms with Crippen molar-refractivity contribution < 1.29 is 9.53 Å². The molecule has 0 atom stereocenters. The van der Waals surface area contributed by atoms with Crippen molar-refractivity contribution in [3.8, 4) is 0 Å². The number of anilines is 1. The molecule has 0 aliphatic carbocycles. The molecule has 0 radical (unpaired) electrons. The van der Waals surface area contributed by atoms with Crippen molar-refractivity contribution in [3.05, 3.63) is 28.7 Å². The fourth-order valence-electron chi connectivity index (χ4n) is 1.68. The molecule has 0 amide bonds. The highest BCUT2D eigenvalue weighted by atomic mass is 79.9. The average Bonchev–Trinajstić information content (AvgIpc) is 2.15.